The first kappa shape index (κ1) is 24.2. The van der Waals surface area contributed by atoms with Gasteiger partial charge in [-0.05, 0) is 87.3 Å². The predicted molar refractivity (Wildman–Crippen MR) is 144 cm³/mol. The summed E-state index contributed by atoms with van der Waals surface area (Å²) in [6.07, 6.45) is 5.16. The third kappa shape index (κ3) is 6.02. The SMILES string of the molecule is Cc1ccc(Oc2ccc(Nc3ncnc4ccc(C#CCNC(=O)[C@H]5CCCN5)cc34)cc2C)cn1. The van der Waals surface area contributed by atoms with Gasteiger partial charge in [0.15, 0.2) is 0 Å². The standard InChI is InChI=1S/C29H28N6O2/c1-19-15-22(9-12-27(19)37-23-10-7-20(2)32-17-23)35-28-24-16-21(8-11-25(24)33-18-34-28)5-3-14-31-29(36)26-6-4-13-30-26/h7-12,15-18,26,30H,4,6,13-14H2,1-2H3,(H,31,36)(H,33,34,35)/t26-/m1/s1. The predicted octanol–water partition coefficient (Wildman–Crippen LogP) is 4.40. The van der Waals surface area contributed by atoms with Crippen molar-refractivity contribution < 1.29 is 9.53 Å². The lowest BCUT2D eigenvalue weighted by atomic mass is 10.1. The molecule has 0 saturated carbocycles. The molecule has 1 aliphatic heterocycles. The van der Waals surface area contributed by atoms with E-state index in [1.165, 1.54) is 6.33 Å². The fourth-order valence-corrected chi connectivity index (χ4v) is 4.16. The quantitative estimate of drug-likeness (QED) is 0.343. The average molecular weight is 493 g/mol. The maximum Gasteiger partial charge on any atom is 0.237 e. The molecule has 5 rings (SSSR count). The number of aromatic nitrogens is 3. The van der Waals surface area contributed by atoms with Gasteiger partial charge in [0.05, 0.1) is 24.3 Å². The second-order valence-electron chi connectivity index (χ2n) is 8.97. The van der Waals surface area contributed by atoms with E-state index in [0.717, 1.165) is 58.5 Å². The topological polar surface area (TPSA) is 101 Å². The highest BCUT2D eigenvalue weighted by atomic mass is 16.5. The van der Waals surface area contributed by atoms with E-state index >= 15 is 0 Å². The van der Waals surface area contributed by atoms with Gasteiger partial charge in [-0.15, -0.1) is 0 Å². The van der Waals surface area contributed by atoms with Crippen molar-refractivity contribution in [3.8, 4) is 23.3 Å². The summed E-state index contributed by atoms with van der Waals surface area (Å²) in [6, 6.07) is 15.4. The molecule has 4 aromatic rings. The van der Waals surface area contributed by atoms with Crippen LogP contribution in [-0.2, 0) is 4.79 Å². The largest absolute Gasteiger partial charge is 0.455 e. The molecule has 0 aliphatic carbocycles. The van der Waals surface area contributed by atoms with Gasteiger partial charge in [0.2, 0.25) is 5.91 Å². The Morgan fingerprint density at radius 3 is 2.81 bits per heavy atom. The van der Waals surface area contributed by atoms with E-state index in [1.54, 1.807) is 6.20 Å². The summed E-state index contributed by atoms with van der Waals surface area (Å²) >= 11 is 0. The molecule has 1 aliphatic rings. The van der Waals surface area contributed by atoms with E-state index in [2.05, 4.69) is 42.7 Å². The fourth-order valence-electron chi connectivity index (χ4n) is 4.16. The van der Waals surface area contributed by atoms with Crippen LogP contribution in [-0.4, -0.2) is 40.0 Å². The number of pyridine rings is 1. The van der Waals surface area contributed by atoms with E-state index in [9.17, 15) is 4.79 Å². The average Bonchev–Trinajstić information content (AvgIpc) is 3.45. The molecule has 3 heterocycles. The van der Waals surface area contributed by atoms with Crippen molar-refractivity contribution in [1.82, 2.24) is 25.6 Å². The molecular formula is C29H28N6O2. The van der Waals surface area contributed by atoms with Crippen LogP contribution in [0.3, 0.4) is 0 Å². The van der Waals surface area contributed by atoms with Gasteiger partial charge in [-0.3, -0.25) is 9.78 Å². The van der Waals surface area contributed by atoms with Gasteiger partial charge in [-0.1, -0.05) is 11.8 Å². The van der Waals surface area contributed by atoms with Crippen molar-refractivity contribution in [3.05, 3.63) is 77.9 Å². The van der Waals surface area contributed by atoms with E-state index in [4.69, 9.17) is 4.74 Å². The van der Waals surface area contributed by atoms with E-state index in [1.807, 2.05) is 62.4 Å². The highest BCUT2D eigenvalue weighted by molar-refractivity contribution is 5.91. The first-order valence-electron chi connectivity index (χ1n) is 12.3. The summed E-state index contributed by atoms with van der Waals surface area (Å²) in [4.78, 5) is 25.2. The monoisotopic (exact) mass is 492 g/mol. The molecule has 8 nitrogen and oxygen atoms in total. The summed E-state index contributed by atoms with van der Waals surface area (Å²) in [5, 5.41) is 10.3. The number of aryl methyl sites for hydroxylation is 2. The molecule has 1 amide bonds. The molecule has 0 bridgehead atoms. The lowest BCUT2D eigenvalue weighted by Gasteiger charge is -2.12. The number of rotatable bonds is 6. The van der Waals surface area contributed by atoms with E-state index < -0.39 is 0 Å². The smallest absolute Gasteiger partial charge is 0.237 e. The zero-order valence-corrected chi connectivity index (χ0v) is 20.8. The van der Waals surface area contributed by atoms with Gasteiger partial charge in [-0.25, -0.2) is 9.97 Å². The lowest BCUT2D eigenvalue weighted by molar-refractivity contribution is -0.122. The second-order valence-corrected chi connectivity index (χ2v) is 8.97. The van der Waals surface area contributed by atoms with Crippen LogP contribution in [0.4, 0.5) is 11.5 Å². The minimum absolute atomic E-state index is 0.00689. The lowest BCUT2D eigenvalue weighted by Crippen LogP contribution is -2.40. The molecule has 1 fully saturated rings. The highest BCUT2D eigenvalue weighted by Gasteiger charge is 2.20. The van der Waals surface area contributed by atoms with Gasteiger partial charge >= 0.3 is 0 Å². The molecule has 0 unspecified atom stereocenters. The van der Waals surface area contributed by atoms with Crippen molar-refractivity contribution in [2.75, 3.05) is 18.4 Å². The Morgan fingerprint density at radius 1 is 1.11 bits per heavy atom. The Labute approximate surface area is 215 Å². The summed E-state index contributed by atoms with van der Waals surface area (Å²) < 4.78 is 5.98. The Kier molecular flexibility index (Phi) is 7.24. The minimum atomic E-state index is -0.0999. The Bertz CT molecular complexity index is 1480. The number of hydrogen-bond acceptors (Lipinski definition) is 7. The molecule has 0 radical (unpaired) electrons. The van der Waals surface area contributed by atoms with Gasteiger partial charge in [0.1, 0.15) is 23.6 Å². The summed E-state index contributed by atoms with van der Waals surface area (Å²) in [5.41, 5.74) is 4.44. The zero-order valence-electron chi connectivity index (χ0n) is 20.8. The number of anilines is 2. The molecule has 37 heavy (non-hydrogen) atoms. The van der Waals surface area contributed by atoms with Crippen LogP contribution < -0.4 is 20.7 Å². The van der Waals surface area contributed by atoms with E-state index in [-0.39, 0.29) is 11.9 Å². The van der Waals surface area contributed by atoms with Crippen molar-refractivity contribution >= 4 is 28.3 Å². The number of carbonyl (C=O) groups is 1. The van der Waals surface area contributed by atoms with Gasteiger partial charge in [0.25, 0.3) is 0 Å². The van der Waals surface area contributed by atoms with Crippen LogP contribution in [0.1, 0.15) is 29.7 Å². The maximum absolute atomic E-state index is 12.1. The number of hydrogen-bond donors (Lipinski definition) is 3. The van der Waals surface area contributed by atoms with Gasteiger partial charge in [-0.2, -0.15) is 0 Å². The summed E-state index contributed by atoms with van der Waals surface area (Å²) in [5.74, 6) is 8.31. The number of ether oxygens (including phenoxy) is 1. The van der Waals surface area contributed by atoms with Gasteiger partial charge in [0, 0.05) is 22.3 Å². The third-order valence-corrected chi connectivity index (χ3v) is 6.15. The number of benzene rings is 2. The first-order valence-corrected chi connectivity index (χ1v) is 12.3. The van der Waals surface area contributed by atoms with Crippen molar-refractivity contribution in [2.45, 2.75) is 32.7 Å². The van der Waals surface area contributed by atoms with Crippen LogP contribution in [0, 0.1) is 25.7 Å². The van der Waals surface area contributed by atoms with Crippen LogP contribution in [0.2, 0.25) is 0 Å². The molecule has 1 atom stereocenters. The fraction of sp³-hybridized carbons (Fsp3) is 0.241. The van der Waals surface area contributed by atoms with Gasteiger partial charge < -0.3 is 20.7 Å². The Balaban J connectivity index is 1.29. The number of nitrogens with one attached hydrogen (secondary N) is 3. The molecular weight excluding hydrogens is 464 g/mol. The summed E-state index contributed by atoms with van der Waals surface area (Å²) in [7, 11) is 0. The van der Waals surface area contributed by atoms with Crippen LogP contribution >= 0.6 is 0 Å². The first-order chi connectivity index (χ1) is 18.0. The van der Waals surface area contributed by atoms with Crippen molar-refractivity contribution in [2.24, 2.45) is 0 Å². The molecule has 0 spiro atoms. The molecule has 186 valence electrons. The second kappa shape index (κ2) is 11.1. The Morgan fingerprint density at radius 2 is 2.03 bits per heavy atom. The molecule has 2 aromatic carbocycles. The molecule has 8 heteroatoms. The molecule has 3 N–H and O–H groups in total. The third-order valence-electron chi connectivity index (χ3n) is 6.15. The van der Waals surface area contributed by atoms with Crippen LogP contribution in [0.5, 0.6) is 11.5 Å². The van der Waals surface area contributed by atoms with Crippen molar-refractivity contribution in [3.63, 3.8) is 0 Å². The van der Waals surface area contributed by atoms with Crippen LogP contribution in [0.15, 0.2) is 61.1 Å². The zero-order chi connectivity index (χ0) is 25.6. The minimum Gasteiger partial charge on any atom is -0.455 e. The number of amides is 1. The highest BCUT2D eigenvalue weighted by Crippen LogP contribution is 2.29. The number of nitrogens with zero attached hydrogens (tertiary/aromatic N) is 3. The van der Waals surface area contributed by atoms with Crippen LogP contribution in [0.25, 0.3) is 10.9 Å². The summed E-state index contributed by atoms with van der Waals surface area (Å²) in [6.45, 7) is 5.13. The Hall–Kier alpha value is -4.48. The van der Waals surface area contributed by atoms with E-state index in [0.29, 0.717) is 18.1 Å². The van der Waals surface area contributed by atoms with Crippen molar-refractivity contribution in [1.29, 1.82) is 0 Å². The molecule has 2 aromatic heterocycles. The normalized spacial score (nSPS) is 14.6. The maximum atomic E-state index is 12.1. The number of carbonyl (C=O) groups excluding carboxylic acids is 1. The molecule has 1 saturated heterocycles. The number of fused-ring (bicyclic) bond motifs is 1.